The molecule has 0 saturated carbocycles. The van der Waals surface area contributed by atoms with Crippen LogP contribution in [0.2, 0.25) is 0 Å². The van der Waals surface area contributed by atoms with Gasteiger partial charge in [0.2, 0.25) is 0 Å². The maximum atomic E-state index is 12.6. The van der Waals surface area contributed by atoms with Gasteiger partial charge in [-0.1, -0.05) is 23.4 Å². The number of methoxy groups -OCH3 is 1. The number of benzene rings is 2. The second-order valence-corrected chi connectivity index (χ2v) is 7.91. The molecule has 8 nitrogen and oxygen atoms in total. The van der Waals surface area contributed by atoms with Gasteiger partial charge in [0.05, 0.1) is 30.4 Å². The fourth-order valence-corrected chi connectivity index (χ4v) is 3.93. The zero-order valence-corrected chi connectivity index (χ0v) is 19.3. The fraction of sp³-hybridized carbons (Fsp3) is 0.320. The molecule has 1 aliphatic heterocycles. The smallest absolute Gasteiger partial charge is 0.263 e. The van der Waals surface area contributed by atoms with Crippen molar-refractivity contribution in [2.24, 2.45) is 5.16 Å². The van der Waals surface area contributed by atoms with Crippen molar-refractivity contribution in [2.45, 2.75) is 13.8 Å². The molecule has 0 N–H and O–H groups in total. The lowest BCUT2D eigenvalue weighted by Crippen LogP contribution is -2.49. The molecule has 0 bridgehead atoms. The number of carbonyl (C=O) groups is 1. The lowest BCUT2D eigenvalue weighted by atomic mass is 10.2. The summed E-state index contributed by atoms with van der Waals surface area (Å²) in [5.74, 6) is 0.779. The van der Waals surface area contributed by atoms with Crippen molar-refractivity contribution in [3.8, 4) is 11.4 Å². The third kappa shape index (κ3) is 5.16. The van der Waals surface area contributed by atoms with Crippen LogP contribution in [0.4, 0.5) is 5.69 Å². The van der Waals surface area contributed by atoms with Gasteiger partial charge in [0, 0.05) is 37.4 Å². The summed E-state index contributed by atoms with van der Waals surface area (Å²) in [6.45, 7) is 6.63. The highest BCUT2D eigenvalue weighted by Gasteiger charge is 2.22. The van der Waals surface area contributed by atoms with Crippen LogP contribution in [0.5, 0.6) is 5.75 Å². The van der Waals surface area contributed by atoms with E-state index in [-0.39, 0.29) is 12.5 Å². The highest BCUT2D eigenvalue weighted by atomic mass is 16.6. The lowest BCUT2D eigenvalue weighted by Gasteiger charge is -2.36. The molecule has 1 fully saturated rings. The summed E-state index contributed by atoms with van der Waals surface area (Å²) in [4.78, 5) is 22.1. The number of rotatable bonds is 7. The molecule has 172 valence electrons. The maximum Gasteiger partial charge on any atom is 0.263 e. The van der Waals surface area contributed by atoms with Gasteiger partial charge in [0.1, 0.15) is 5.75 Å². The molecule has 0 aliphatic carbocycles. The number of aromatic nitrogens is 2. The van der Waals surface area contributed by atoms with Crippen LogP contribution < -0.4 is 9.64 Å². The van der Waals surface area contributed by atoms with E-state index in [4.69, 9.17) is 9.57 Å². The average Bonchev–Trinajstić information content (AvgIpc) is 3.26. The molecule has 0 unspecified atom stereocenters. The minimum Gasteiger partial charge on any atom is -0.497 e. The molecule has 1 aromatic heterocycles. The number of hydrogen-bond donors (Lipinski definition) is 0. The second kappa shape index (κ2) is 10.2. The number of anilines is 1. The number of nitrogens with zero attached hydrogens (tertiary/aromatic N) is 5. The number of oxime groups is 1. The Kier molecular flexibility index (Phi) is 6.92. The summed E-state index contributed by atoms with van der Waals surface area (Å²) in [5, 5.41) is 8.63. The number of para-hydroxylation sites is 1. The van der Waals surface area contributed by atoms with Gasteiger partial charge in [-0.3, -0.25) is 4.79 Å². The molecule has 3 aromatic rings. The largest absolute Gasteiger partial charge is 0.497 e. The standard InChI is InChI=1S/C25H29N5O3/c1-19(24-17-26-30(20(24)2)22-7-5-4-6-8-22)27-33-18-25(31)29-15-13-28(14-16-29)21-9-11-23(32-3)12-10-21/h4-12,17H,13-16,18H2,1-3H3. The van der Waals surface area contributed by atoms with Crippen molar-refractivity contribution < 1.29 is 14.4 Å². The first-order valence-corrected chi connectivity index (χ1v) is 11.0. The molecular formula is C25H29N5O3. The maximum absolute atomic E-state index is 12.6. The predicted octanol–water partition coefficient (Wildman–Crippen LogP) is 3.28. The minimum atomic E-state index is -0.0776. The van der Waals surface area contributed by atoms with E-state index in [9.17, 15) is 4.79 Å². The van der Waals surface area contributed by atoms with Crippen molar-refractivity contribution in [1.29, 1.82) is 0 Å². The van der Waals surface area contributed by atoms with Crippen molar-refractivity contribution in [1.82, 2.24) is 14.7 Å². The topological polar surface area (TPSA) is 72.2 Å². The van der Waals surface area contributed by atoms with E-state index in [1.54, 1.807) is 13.3 Å². The van der Waals surface area contributed by atoms with Crippen LogP contribution >= 0.6 is 0 Å². The van der Waals surface area contributed by atoms with Crippen LogP contribution in [0.25, 0.3) is 5.69 Å². The van der Waals surface area contributed by atoms with Gasteiger partial charge in [-0.05, 0) is 50.2 Å². The summed E-state index contributed by atoms with van der Waals surface area (Å²) >= 11 is 0. The Morgan fingerprint density at radius 3 is 2.36 bits per heavy atom. The van der Waals surface area contributed by atoms with Crippen LogP contribution in [0.3, 0.4) is 0 Å². The SMILES string of the molecule is COc1ccc(N2CCN(C(=O)CON=C(C)c3cnn(-c4ccccc4)c3C)CC2)cc1. The number of piperazine rings is 1. The van der Waals surface area contributed by atoms with Gasteiger partial charge >= 0.3 is 0 Å². The summed E-state index contributed by atoms with van der Waals surface area (Å²) < 4.78 is 7.08. The first kappa shape index (κ1) is 22.4. The van der Waals surface area contributed by atoms with E-state index >= 15 is 0 Å². The Labute approximate surface area is 194 Å². The summed E-state index contributed by atoms with van der Waals surface area (Å²) in [6, 6.07) is 17.9. The van der Waals surface area contributed by atoms with Gasteiger partial charge in [0.25, 0.3) is 5.91 Å². The Morgan fingerprint density at radius 2 is 1.70 bits per heavy atom. The minimum absolute atomic E-state index is 0.0577. The lowest BCUT2D eigenvalue weighted by molar-refractivity contribution is -0.136. The van der Waals surface area contributed by atoms with Crippen LogP contribution in [-0.4, -0.2) is 66.2 Å². The highest BCUT2D eigenvalue weighted by Crippen LogP contribution is 2.20. The molecule has 0 spiro atoms. The van der Waals surface area contributed by atoms with Crippen molar-refractivity contribution in [2.75, 3.05) is 44.8 Å². The van der Waals surface area contributed by atoms with Gasteiger partial charge < -0.3 is 19.4 Å². The van der Waals surface area contributed by atoms with Gasteiger partial charge in [-0.15, -0.1) is 0 Å². The van der Waals surface area contributed by atoms with Gasteiger partial charge in [-0.25, -0.2) is 4.68 Å². The van der Waals surface area contributed by atoms with E-state index < -0.39 is 0 Å². The Hall–Kier alpha value is -3.81. The van der Waals surface area contributed by atoms with E-state index in [1.165, 1.54) is 0 Å². The molecule has 2 aromatic carbocycles. The number of hydrogen-bond acceptors (Lipinski definition) is 6. The second-order valence-electron chi connectivity index (χ2n) is 7.91. The number of ether oxygens (including phenoxy) is 1. The van der Waals surface area contributed by atoms with E-state index in [2.05, 4.69) is 15.2 Å². The van der Waals surface area contributed by atoms with Crippen molar-refractivity contribution in [3.63, 3.8) is 0 Å². The quantitative estimate of drug-likeness (QED) is 0.411. The molecule has 1 amide bonds. The monoisotopic (exact) mass is 447 g/mol. The number of carbonyl (C=O) groups excluding carboxylic acids is 1. The van der Waals surface area contributed by atoms with Crippen LogP contribution in [0.15, 0.2) is 65.9 Å². The van der Waals surface area contributed by atoms with E-state index in [1.807, 2.05) is 78.0 Å². The Bertz CT molecular complexity index is 1100. The number of amides is 1. The average molecular weight is 448 g/mol. The van der Waals surface area contributed by atoms with Crippen molar-refractivity contribution in [3.05, 3.63) is 72.1 Å². The van der Waals surface area contributed by atoms with E-state index in [0.717, 1.165) is 41.5 Å². The normalized spacial score (nSPS) is 14.3. The van der Waals surface area contributed by atoms with Crippen LogP contribution in [0.1, 0.15) is 18.2 Å². The van der Waals surface area contributed by atoms with E-state index in [0.29, 0.717) is 18.8 Å². The molecule has 0 atom stereocenters. The third-order valence-corrected chi connectivity index (χ3v) is 5.86. The summed E-state index contributed by atoms with van der Waals surface area (Å²) in [6.07, 6.45) is 1.77. The zero-order valence-electron chi connectivity index (χ0n) is 19.3. The first-order chi connectivity index (χ1) is 16.1. The molecule has 33 heavy (non-hydrogen) atoms. The van der Waals surface area contributed by atoms with Crippen molar-refractivity contribution >= 4 is 17.3 Å². The summed E-state index contributed by atoms with van der Waals surface area (Å²) in [5.41, 5.74) is 4.66. The molecule has 0 radical (unpaired) electrons. The van der Waals surface area contributed by atoms with Crippen LogP contribution in [0, 0.1) is 6.92 Å². The fourth-order valence-electron chi connectivity index (χ4n) is 3.93. The molecule has 1 aliphatic rings. The predicted molar refractivity (Wildman–Crippen MR) is 128 cm³/mol. The molecule has 8 heteroatoms. The summed E-state index contributed by atoms with van der Waals surface area (Å²) in [7, 11) is 1.66. The van der Waals surface area contributed by atoms with Crippen LogP contribution in [-0.2, 0) is 9.63 Å². The zero-order chi connectivity index (χ0) is 23.2. The first-order valence-electron chi connectivity index (χ1n) is 11.0. The molecule has 2 heterocycles. The molecular weight excluding hydrogens is 418 g/mol. The molecule has 4 rings (SSSR count). The van der Waals surface area contributed by atoms with Gasteiger partial charge in [-0.2, -0.15) is 5.10 Å². The Balaban J connectivity index is 1.28. The highest BCUT2D eigenvalue weighted by molar-refractivity contribution is 5.99. The third-order valence-electron chi connectivity index (χ3n) is 5.86. The Morgan fingerprint density at radius 1 is 1.00 bits per heavy atom. The van der Waals surface area contributed by atoms with Gasteiger partial charge in [0.15, 0.2) is 6.61 Å². The molecule has 1 saturated heterocycles.